The van der Waals surface area contributed by atoms with E-state index in [1.807, 2.05) is 0 Å². The van der Waals surface area contributed by atoms with E-state index in [0.717, 1.165) is 5.69 Å². The summed E-state index contributed by atoms with van der Waals surface area (Å²) in [5.74, 6) is -0.277. The van der Waals surface area contributed by atoms with E-state index in [1.54, 1.807) is 37.7 Å². The van der Waals surface area contributed by atoms with Crippen LogP contribution in [0, 0.1) is 5.82 Å². The number of anilines is 2. The molecular weight excluding hydrogens is 433 g/mol. The number of H-pyrrole nitrogens is 1. The third kappa shape index (κ3) is 4.56. The van der Waals surface area contributed by atoms with Crippen LogP contribution in [0.15, 0.2) is 36.7 Å². The van der Waals surface area contributed by atoms with E-state index >= 15 is 0 Å². The van der Waals surface area contributed by atoms with Crippen LogP contribution in [-0.4, -0.2) is 42.6 Å². The normalized spacial score (nSPS) is 14.8. The van der Waals surface area contributed by atoms with E-state index in [2.05, 4.69) is 25.9 Å². The zero-order valence-electron chi connectivity index (χ0n) is 17.7. The minimum absolute atomic E-state index is 0.00287. The molecule has 1 amide bonds. The lowest BCUT2D eigenvalue weighted by molar-refractivity contribution is 0.0947. The number of fused-ring (bicyclic) bond motifs is 1. The third-order valence-electron chi connectivity index (χ3n) is 5.41. The molecule has 0 saturated carbocycles. The summed E-state index contributed by atoms with van der Waals surface area (Å²) in [5, 5.41) is 9.08. The molecule has 2 aliphatic rings. The van der Waals surface area contributed by atoms with Gasteiger partial charge >= 0.3 is 0 Å². The summed E-state index contributed by atoms with van der Waals surface area (Å²) < 4.78 is 19.9. The van der Waals surface area contributed by atoms with Crippen molar-refractivity contribution < 1.29 is 13.9 Å². The lowest BCUT2D eigenvalue weighted by Crippen LogP contribution is -2.31. The number of nitrogens with zero attached hydrogens (tertiary/aromatic N) is 1. The average Bonchev–Trinajstić information content (AvgIpc) is 3.50. The second-order valence-corrected chi connectivity index (χ2v) is 7.90. The van der Waals surface area contributed by atoms with Crippen molar-refractivity contribution in [1.29, 1.82) is 0 Å². The Morgan fingerprint density at radius 2 is 2.00 bits per heavy atom. The number of carbonyl (C=O) groups is 1. The van der Waals surface area contributed by atoms with E-state index in [0.29, 0.717) is 41.2 Å². The zero-order valence-corrected chi connectivity index (χ0v) is 18.5. The van der Waals surface area contributed by atoms with Crippen LogP contribution in [0.4, 0.5) is 15.8 Å². The van der Waals surface area contributed by atoms with Gasteiger partial charge in [-0.15, -0.1) is 0 Å². The molecule has 1 saturated heterocycles. The standard InChI is InChI=1S/C19H16ClFN4O2.C4H9N/c1-27-14-9-22-7-5-10(14)17-18(15-12(24-17)6-8-23-19(15)26)25-13-4-2-3-11(20)16(13)21;1-2-4-5-3-1/h2-5,7,9,24-25H,6,8H2,1H3,(H,23,26);5H,1-4H2. The van der Waals surface area contributed by atoms with Crippen LogP contribution >= 0.6 is 11.6 Å². The molecule has 0 bridgehead atoms. The Labute approximate surface area is 190 Å². The van der Waals surface area contributed by atoms with Gasteiger partial charge < -0.3 is 25.7 Å². The Hall–Kier alpha value is -3.10. The van der Waals surface area contributed by atoms with Crippen LogP contribution in [0.1, 0.15) is 28.9 Å². The molecule has 2 aliphatic heterocycles. The van der Waals surface area contributed by atoms with Crippen molar-refractivity contribution in [2.24, 2.45) is 0 Å². The molecule has 0 spiro atoms. The number of pyridine rings is 1. The molecule has 1 fully saturated rings. The predicted octanol–water partition coefficient (Wildman–Crippen LogP) is 4.28. The highest BCUT2D eigenvalue weighted by atomic mass is 35.5. The summed E-state index contributed by atoms with van der Waals surface area (Å²) in [6.45, 7) is 3.03. The first-order chi connectivity index (χ1) is 15.6. The second kappa shape index (κ2) is 10.0. The fraction of sp³-hybridized carbons (Fsp3) is 0.304. The van der Waals surface area contributed by atoms with Gasteiger partial charge in [0.2, 0.25) is 0 Å². The number of halogens is 2. The monoisotopic (exact) mass is 457 g/mol. The Bertz CT molecular complexity index is 1110. The van der Waals surface area contributed by atoms with E-state index in [9.17, 15) is 9.18 Å². The van der Waals surface area contributed by atoms with Gasteiger partial charge in [0.05, 0.1) is 41.0 Å². The number of rotatable bonds is 4. The van der Waals surface area contributed by atoms with Crippen molar-refractivity contribution in [1.82, 2.24) is 20.6 Å². The average molecular weight is 458 g/mol. The van der Waals surface area contributed by atoms with Crippen LogP contribution in [0.2, 0.25) is 5.02 Å². The summed E-state index contributed by atoms with van der Waals surface area (Å²) in [7, 11) is 1.54. The highest BCUT2D eigenvalue weighted by Crippen LogP contribution is 2.40. The highest BCUT2D eigenvalue weighted by molar-refractivity contribution is 6.31. The second-order valence-electron chi connectivity index (χ2n) is 7.49. The molecule has 1 aromatic carbocycles. The Morgan fingerprint density at radius 3 is 2.72 bits per heavy atom. The molecule has 5 rings (SSSR count). The fourth-order valence-electron chi connectivity index (χ4n) is 3.82. The van der Waals surface area contributed by atoms with Gasteiger partial charge in [0, 0.05) is 30.4 Å². The molecule has 3 aromatic rings. The molecule has 0 aliphatic carbocycles. The number of ether oxygens (including phenoxy) is 1. The van der Waals surface area contributed by atoms with Gasteiger partial charge in [-0.3, -0.25) is 9.78 Å². The van der Waals surface area contributed by atoms with Crippen LogP contribution < -0.4 is 20.7 Å². The molecule has 0 atom stereocenters. The third-order valence-corrected chi connectivity index (χ3v) is 5.70. The number of aromatic nitrogens is 2. The summed E-state index contributed by atoms with van der Waals surface area (Å²) in [6.07, 6.45) is 6.63. The molecular formula is C23H25ClFN5O2. The molecule has 32 heavy (non-hydrogen) atoms. The summed E-state index contributed by atoms with van der Waals surface area (Å²) >= 11 is 5.90. The van der Waals surface area contributed by atoms with Gasteiger partial charge in [0.1, 0.15) is 5.75 Å². The lowest BCUT2D eigenvalue weighted by atomic mass is 10.0. The van der Waals surface area contributed by atoms with Crippen LogP contribution in [0.5, 0.6) is 5.75 Å². The largest absolute Gasteiger partial charge is 0.494 e. The first-order valence-corrected chi connectivity index (χ1v) is 10.9. The number of benzene rings is 1. The Kier molecular flexibility index (Phi) is 6.92. The quantitative estimate of drug-likeness (QED) is 0.469. The molecule has 4 heterocycles. The van der Waals surface area contributed by atoms with E-state index in [-0.39, 0.29) is 16.6 Å². The molecule has 7 nitrogen and oxygen atoms in total. The van der Waals surface area contributed by atoms with Crippen LogP contribution in [-0.2, 0) is 6.42 Å². The van der Waals surface area contributed by atoms with Crippen molar-refractivity contribution in [3.05, 3.63) is 58.8 Å². The Balaban J connectivity index is 0.000000433. The van der Waals surface area contributed by atoms with Crippen LogP contribution in [0.3, 0.4) is 0 Å². The zero-order chi connectivity index (χ0) is 22.5. The number of carbonyl (C=O) groups excluding carboxylic acids is 1. The summed E-state index contributed by atoms with van der Waals surface area (Å²) in [5.41, 5.74) is 3.20. The maximum absolute atomic E-state index is 14.5. The van der Waals surface area contributed by atoms with E-state index in [1.165, 1.54) is 32.0 Å². The minimum atomic E-state index is -0.585. The van der Waals surface area contributed by atoms with Gasteiger partial charge in [-0.05, 0) is 44.1 Å². The SMILES string of the molecule is C1CCNC1.COc1cnccc1-c1[nH]c2c(c1Nc1cccc(Cl)c1F)C(=O)NCC2. The topological polar surface area (TPSA) is 91.1 Å². The van der Waals surface area contributed by atoms with Crippen molar-refractivity contribution in [2.75, 3.05) is 32.1 Å². The number of aromatic amines is 1. The van der Waals surface area contributed by atoms with Crippen LogP contribution in [0.25, 0.3) is 11.3 Å². The van der Waals surface area contributed by atoms with Crippen molar-refractivity contribution in [3.63, 3.8) is 0 Å². The van der Waals surface area contributed by atoms with Gasteiger partial charge in [-0.1, -0.05) is 17.7 Å². The molecule has 0 radical (unpaired) electrons. The molecule has 168 valence electrons. The van der Waals surface area contributed by atoms with E-state index < -0.39 is 5.82 Å². The number of hydrogen-bond donors (Lipinski definition) is 4. The van der Waals surface area contributed by atoms with Crippen molar-refractivity contribution >= 4 is 28.9 Å². The molecule has 0 unspecified atom stereocenters. The Morgan fingerprint density at radius 1 is 1.19 bits per heavy atom. The molecule has 9 heteroatoms. The number of nitrogens with one attached hydrogen (secondary N) is 4. The number of hydrogen-bond acceptors (Lipinski definition) is 5. The smallest absolute Gasteiger partial charge is 0.255 e. The summed E-state index contributed by atoms with van der Waals surface area (Å²) in [6, 6.07) is 6.44. The molecule has 4 N–H and O–H groups in total. The fourth-order valence-corrected chi connectivity index (χ4v) is 3.99. The lowest BCUT2D eigenvalue weighted by Gasteiger charge is -2.16. The predicted molar refractivity (Wildman–Crippen MR) is 123 cm³/mol. The maximum Gasteiger partial charge on any atom is 0.255 e. The van der Waals surface area contributed by atoms with Gasteiger partial charge in [-0.2, -0.15) is 0 Å². The van der Waals surface area contributed by atoms with Crippen molar-refractivity contribution in [3.8, 4) is 17.0 Å². The van der Waals surface area contributed by atoms with Gasteiger partial charge in [0.25, 0.3) is 5.91 Å². The minimum Gasteiger partial charge on any atom is -0.494 e. The molecule has 2 aromatic heterocycles. The van der Waals surface area contributed by atoms with Gasteiger partial charge in [-0.25, -0.2) is 4.39 Å². The highest BCUT2D eigenvalue weighted by Gasteiger charge is 2.28. The summed E-state index contributed by atoms with van der Waals surface area (Å²) in [4.78, 5) is 19.9. The number of amides is 1. The first kappa shape index (κ1) is 22.1. The maximum atomic E-state index is 14.5. The number of methoxy groups -OCH3 is 1. The van der Waals surface area contributed by atoms with Crippen molar-refractivity contribution in [2.45, 2.75) is 19.3 Å². The van der Waals surface area contributed by atoms with Gasteiger partial charge in [0.15, 0.2) is 5.82 Å². The van der Waals surface area contributed by atoms with E-state index in [4.69, 9.17) is 16.3 Å². The first-order valence-electron chi connectivity index (χ1n) is 10.5.